The summed E-state index contributed by atoms with van der Waals surface area (Å²) in [4.78, 5) is 18.9. The van der Waals surface area contributed by atoms with Crippen LogP contribution in [0.4, 0.5) is 4.39 Å². The number of carbonyl (C=O) groups excluding carboxylic acids is 1. The molecule has 1 N–H and O–H groups in total. The number of nitrogens with one attached hydrogen (secondary N) is 1. The Hall–Kier alpha value is -1.69. The minimum Gasteiger partial charge on any atom is -0.476 e. The summed E-state index contributed by atoms with van der Waals surface area (Å²) in [5, 5.41) is 2.87. The van der Waals surface area contributed by atoms with Crippen molar-refractivity contribution in [2.75, 3.05) is 26.7 Å². The first-order chi connectivity index (χ1) is 11.9. The molecule has 1 saturated carbocycles. The van der Waals surface area contributed by atoms with Crippen molar-refractivity contribution in [3.05, 3.63) is 23.9 Å². The van der Waals surface area contributed by atoms with Crippen molar-refractivity contribution in [3.63, 3.8) is 0 Å². The summed E-state index contributed by atoms with van der Waals surface area (Å²) in [7, 11) is 1.90. The molecule has 1 aromatic rings. The Morgan fingerprint density at radius 3 is 2.88 bits per heavy atom. The topological polar surface area (TPSA) is 54.5 Å². The van der Waals surface area contributed by atoms with E-state index in [-0.39, 0.29) is 12.5 Å². The van der Waals surface area contributed by atoms with E-state index in [1.165, 1.54) is 12.8 Å². The van der Waals surface area contributed by atoms with E-state index in [2.05, 4.69) is 10.3 Å². The van der Waals surface area contributed by atoms with E-state index in [1.807, 2.05) is 37.9 Å². The van der Waals surface area contributed by atoms with E-state index in [0.29, 0.717) is 24.8 Å². The summed E-state index contributed by atoms with van der Waals surface area (Å²) in [6.45, 7) is 5.02. The standard InChI is InChI=1S/C19H28FN3O2/c1-19(2,18(24)22-16-8-10-23(3)11-15(16)20)12-25-17-14(13-6-7-13)5-4-9-21-17/h4-5,9,13,15-16H,6-8,10-12H2,1-3H3,(H,22,24)/t15-,16-/m0/s1. The molecule has 3 rings (SSSR count). The molecule has 2 fully saturated rings. The summed E-state index contributed by atoms with van der Waals surface area (Å²) in [6.07, 6.45) is 3.64. The maximum Gasteiger partial charge on any atom is 0.229 e. The highest BCUT2D eigenvalue weighted by molar-refractivity contribution is 5.82. The van der Waals surface area contributed by atoms with E-state index < -0.39 is 17.6 Å². The molecule has 2 aliphatic rings. The highest BCUT2D eigenvalue weighted by atomic mass is 19.1. The number of halogens is 1. The van der Waals surface area contributed by atoms with Gasteiger partial charge in [-0.1, -0.05) is 6.07 Å². The normalized spacial score (nSPS) is 24.8. The van der Waals surface area contributed by atoms with Gasteiger partial charge in [0.2, 0.25) is 11.8 Å². The summed E-state index contributed by atoms with van der Waals surface area (Å²) in [6, 6.07) is 3.54. The number of alkyl halides is 1. The zero-order chi connectivity index (χ0) is 18.0. The molecule has 0 bridgehead atoms. The van der Waals surface area contributed by atoms with Crippen LogP contribution in [0.1, 0.15) is 44.6 Å². The molecule has 1 aromatic heterocycles. The van der Waals surface area contributed by atoms with Gasteiger partial charge >= 0.3 is 0 Å². The maximum absolute atomic E-state index is 14.1. The average molecular weight is 349 g/mol. The third kappa shape index (κ3) is 4.48. The van der Waals surface area contributed by atoms with Crippen molar-refractivity contribution in [2.45, 2.75) is 51.2 Å². The van der Waals surface area contributed by atoms with Gasteiger partial charge in [0.05, 0.1) is 11.5 Å². The Balaban J connectivity index is 1.57. The van der Waals surface area contributed by atoms with Gasteiger partial charge in [0.25, 0.3) is 0 Å². The average Bonchev–Trinajstić information content (AvgIpc) is 3.40. The summed E-state index contributed by atoms with van der Waals surface area (Å²) < 4.78 is 20.0. The Morgan fingerprint density at radius 2 is 2.20 bits per heavy atom. The molecule has 1 amide bonds. The lowest BCUT2D eigenvalue weighted by Gasteiger charge is -2.34. The van der Waals surface area contributed by atoms with Gasteiger partial charge in [-0.25, -0.2) is 9.37 Å². The van der Waals surface area contributed by atoms with Crippen molar-refractivity contribution < 1.29 is 13.9 Å². The largest absolute Gasteiger partial charge is 0.476 e. The molecule has 0 aromatic carbocycles. The molecule has 2 heterocycles. The van der Waals surface area contributed by atoms with E-state index >= 15 is 0 Å². The van der Waals surface area contributed by atoms with Crippen LogP contribution >= 0.6 is 0 Å². The van der Waals surface area contributed by atoms with Gasteiger partial charge in [0.15, 0.2) is 0 Å². The van der Waals surface area contributed by atoms with Crippen molar-refractivity contribution in [1.29, 1.82) is 0 Å². The molecule has 0 radical (unpaired) electrons. The number of likely N-dealkylation sites (tertiary alicyclic amines) is 1. The first kappa shape index (κ1) is 18.1. The lowest BCUT2D eigenvalue weighted by atomic mass is 9.92. The second kappa shape index (κ2) is 7.28. The first-order valence-corrected chi connectivity index (χ1v) is 9.08. The van der Waals surface area contributed by atoms with Crippen molar-refractivity contribution in [1.82, 2.24) is 15.2 Å². The fraction of sp³-hybridized carbons (Fsp3) is 0.684. The molecule has 0 spiro atoms. The second-order valence-corrected chi connectivity index (χ2v) is 7.99. The van der Waals surface area contributed by atoms with E-state index in [1.54, 1.807) is 6.20 Å². The number of pyridine rings is 1. The number of carbonyl (C=O) groups is 1. The molecule has 1 aliphatic heterocycles. The van der Waals surface area contributed by atoms with E-state index in [9.17, 15) is 9.18 Å². The van der Waals surface area contributed by atoms with Crippen LogP contribution in [0.3, 0.4) is 0 Å². The third-order valence-electron chi connectivity index (χ3n) is 5.06. The molecule has 1 saturated heterocycles. The van der Waals surface area contributed by atoms with Gasteiger partial charge in [-0.15, -0.1) is 0 Å². The number of rotatable bonds is 6. The molecule has 5 nitrogen and oxygen atoms in total. The van der Waals surface area contributed by atoms with Gasteiger partial charge in [-0.3, -0.25) is 4.79 Å². The van der Waals surface area contributed by atoms with Crippen LogP contribution in [0.15, 0.2) is 18.3 Å². The van der Waals surface area contributed by atoms with Gasteiger partial charge in [-0.05, 0) is 52.1 Å². The van der Waals surface area contributed by atoms with Gasteiger partial charge in [0, 0.05) is 24.8 Å². The molecule has 0 unspecified atom stereocenters. The minimum absolute atomic E-state index is 0.173. The Bertz CT molecular complexity index is 618. The Labute approximate surface area is 148 Å². The Morgan fingerprint density at radius 1 is 1.44 bits per heavy atom. The zero-order valence-electron chi connectivity index (χ0n) is 15.3. The lowest BCUT2D eigenvalue weighted by Crippen LogP contribution is -2.54. The molecule has 138 valence electrons. The van der Waals surface area contributed by atoms with Crippen LogP contribution in [0, 0.1) is 5.41 Å². The van der Waals surface area contributed by atoms with Crippen LogP contribution in [-0.4, -0.2) is 54.7 Å². The second-order valence-electron chi connectivity index (χ2n) is 7.99. The van der Waals surface area contributed by atoms with Crippen molar-refractivity contribution in [3.8, 4) is 5.88 Å². The Kier molecular flexibility index (Phi) is 5.27. The molecular formula is C19H28FN3O2. The van der Waals surface area contributed by atoms with Crippen LogP contribution in [0.25, 0.3) is 0 Å². The molecule has 1 aliphatic carbocycles. The lowest BCUT2D eigenvalue weighted by molar-refractivity contribution is -0.132. The monoisotopic (exact) mass is 349 g/mol. The number of piperidine rings is 1. The summed E-state index contributed by atoms with van der Waals surface area (Å²) in [5.41, 5.74) is 0.374. The number of amides is 1. The fourth-order valence-electron chi connectivity index (χ4n) is 3.13. The van der Waals surface area contributed by atoms with Crippen LogP contribution in [0.2, 0.25) is 0 Å². The fourth-order valence-corrected chi connectivity index (χ4v) is 3.13. The highest BCUT2D eigenvalue weighted by Gasteiger charge is 2.35. The smallest absolute Gasteiger partial charge is 0.229 e. The van der Waals surface area contributed by atoms with E-state index in [0.717, 1.165) is 12.1 Å². The van der Waals surface area contributed by atoms with Crippen LogP contribution in [0.5, 0.6) is 5.88 Å². The molecular weight excluding hydrogens is 321 g/mol. The molecule has 25 heavy (non-hydrogen) atoms. The summed E-state index contributed by atoms with van der Waals surface area (Å²) in [5.74, 6) is 0.981. The highest BCUT2D eigenvalue weighted by Crippen LogP contribution is 2.43. The number of ether oxygens (including phenoxy) is 1. The SMILES string of the molecule is CN1CC[C@H](NC(=O)C(C)(C)COc2ncccc2C2CC2)[C@@H](F)C1. The van der Waals surface area contributed by atoms with Gasteiger partial charge in [-0.2, -0.15) is 0 Å². The number of aromatic nitrogens is 1. The molecule has 2 atom stereocenters. The summed E-state index contributed by atoms with van der Waals surface area (Å²) >= 11 is 0. The quantitative estimate of drug-likeness (QED) is 0.857. The van der Waals surface area contributed by atoms with Crippen LogP contribution in [-0.2, 0) is 4.79 Å². The number of hydrogen-bond acceptors (Lipinski definition) is 4. The minimum atomic E-state index is -1.03. The zero-order valence-corrected chi connectivity index (χ0v) is 15.3. The predicted octanol–water partition coefficient (Wildman–Crippen LogP) is 2.52. The van der Waals surface area contributed by atoms with Gasteiger partial charge in [0.1, 0.15) is 12.8 Å². The first-order valence-electron chi connectivity index (χ1n) is 9.08. The van der Waals surface area contributed by atoms with Gasteiger partial charge < -0.3 is 15.0 Å². The maximum atomic E-state index is 14.1. The number of hydrogen-bond donors (Lipinski definition) is 1. The van der Waals surface area contributed by atoms with Crippen molar-refractivity contribution in [2.24, 2.45) is 5.41 Å². The third-order valence-corrected chi connectivity index (χ3v) is 5.06. The van der Waals surface area contributed by atoms with E-state index in [4.69, 9.17) is 4.74 Å². The number of nitrogens with zero attached hydrogens (tertiary/aromatic N) is 2. The molecule has 6 heteroatoms. The van der Waals surface area contributed by atoms with Crippen molar-refractivity contribution >= 4 is 5.91 Å². The predicted molar refractivity (Wildman–Crippen MR) is 94.4 cm³/mol. The van der Waals surface area contributed by atoms with Crippen LogP contribution < -0.4 is 10.1 Å².